The van der Waals surface area contributed by atoms with Crippen molar-refractivity contribution in [2.75, 3.05) is 20.6 Å². The molecule has 110 valence electrons. The van der Waals surface area contributed by atoms with Crippen LogP contribution < -0.4 is 0 Å². The lowest BCUT2D eigenvalue weighted by Gasteiger charge is -2.25. The summed E-state index contributed by atoms with van der Waals surface area (Å²) >= 11 is 5.57. The third-order valence-electron chi connectivity index (χ3n) is 3.56. The summed E-state index contributed by atoms with van der Waals surface area (Å²) in [6.45, 7) is 7.66. The van der Waals surface area contributed by atoms with Crippen molar-refractivity contribution >= 4 is 23.3 Å². The number of fused-ring (bicyclic) bond motifs is 1. The topological polar surface area (TPSA) is 24.0 Å². The molecule has 0 saturated carbocycles. The monoisotopic (exact) mass is 291 g/mol. The zero-order valence-corrected chi connectivity index (χ0v) is 13.9. The minimum atomic E-state index is 0.411. The van der Waals surface area contributed by atoms with Crippen molar-refractivity contribution in [1.82, 2.24) is 14.5 Å². The van der Waals surface area contributed by atoms with Crippen LogP contribution >= 0.6 is 12.2 Å². The Hall–Kier alpha value is -1.13. The minimum absolute atomic E-state index is 0.411. The molecule has 0 radical (unpaired) electrons. The summed E-state index contributed by atoms with van der Waals surface area (Å²) < 4.78 is 3.13. The lowest BCUT2D eigenvalue weighted by atomic mass is 10.0. The van der Waals surface area contributed by atoms with E-state index in [0.29, 0.717) is 12.0 Å². The number of nitrogens with zero attached hydrogens (tertiary/aromatic N) is 2. The number of aryl methyl sites for hydroxylation is 1. The average Bonchev–Trinajstić information content (AvgIpc) is 2.61. The molecule has 1 N–H and O–H groups in total. The van der Waals surface area contributed by atoms with Gasteiger partial charge in [-0.1, -0.05) is 19.9 Å². The lowest BCUT2D eigenvalue weighted by molar-refractivity contribution is 0.291. The minimum Gasteiger partial charge on any atom is -0.331 e. The van der Waals surface area contributed by atoms with Crippen molar-refractivity contribution < 1.29 is 0 Å². The van der Waals surface area contributed by atoms with Gasteiger partial charge in [0.2, 0.25) is 0 Å². The van der Waals surface area contributed by atoms with Gasteiger partial charge in [-0.05, 0) is 63.3 Å². The second kappa shape index (κ2) is 6.10. The third-order valence-corrected chi connectivity index (χ3v) is 3.86. The standard InChI is InChI=1S/C16H25N3S/c1-11(2)8-13(10-18(4)5)19-15-7-6-12(3)9-14(15)17-16(19)20/h6-7,9,11,13H,8,10H2,1-5H3,(H,17,20). The van der Waals surface area contributed by atoms with E-state index in [2.05, 4.69) is 67.5 Å². The third kappa shape index (κ3) is 3.30. The molecule has 0 aliphatic carbocycles. The summed E-state index contributed by atoms with van der Waals surface area (Å²) in [5, 5.41) is 0. The fourth-order valence-electron chi connectivity index (χ4n) is 2.83. The van der Waals surface area contributed by atoms with E-state index in [1.54, 1.807) is 0 Å². The number of likely N-dealkylation sites (N-methyl/N-ethyl adjacent to an activating group) is 1. The van der Waals surface area contributed by atoms with Crippen LogP contribution in [0.1, 0.15) is 31.9 Å². The predicted molar refractivity (Wildman–Crippen MR) is 88.9 cm³/mol. The molecule has 0 amide bonds. The van der Waals surface area contributed by atoms with E-state index in [1.165, 1.54) is 11.1 Å². The van der Waals surface area contributed by atoms with Crippen LogP contribution in [0.3, 0.4) is 0 Å². The Kier molecular flexibility index (Phi) is 4.66. The van der Waals surface area contributed by atoms with Gasteiger partial charge in [0.25, 0.3) is 0 Å². The second-order valence-corrected chi connectivity index (χ2v) is 6.75. The van der Waals surface area contributed by atoms with E-state index >= 15 is 0 Å². The first kappa shape index (κ1) is 15.3. The van der Waals surface area contributed by atoms with Gasteiger partial charge in [0.15, 0.2) is 4.77 Å². The van der Waals surface area contributed by atoms with Gasteiger partial charge in [-0.15, -0.1) is 0 Å². The van der Waals surface area contributed by atoms with Gasteiger partial charge in [-0.2, -0.15) is 0 Å². The SMILES string of the molecule is Cc1ccc2c(c1)[nH]c(=S)n2C(CC(C)C)CN(C)C. The smallest absolute Gasteiger partial charge is 0.178 e. The first-order valence-electron chi connectivity index (χ1n) is 7.24. The van der Waals surface area contributed by atoms with Crippen molar-refractivity contribution in [1.29, 1.82) is 0 Å². The van der Waals surface area contributed by atoms with Gasteiger partial charge >= 0.3 is 0 Å². The number of aromatic amines is 1. The van der Waals surface area contributed by atoms with Crippen molar-refractivity contribution in [3.05, 3.63) is 28.5 Å². The Morgan fingerprint density at radius 1 is 1.30 bits per heavy atom. The van der Waals surface area contributed by atoms with Gasteiger partial charge in [-0.3, -0.25) is 0 Å². The van der Waals surface area contributed by atoms with Gasteiger partial charge in [0.05, 0.1) is 11.0 Å². The molecule has 2 rings (SSSR count). The van der Waals surface area contributed by atoms with Crippen LogP contribution in [0.4, 0.5) is 0 Å². The molecular weight excluding hydrogens is 266 g/mol. The Balaban J connectivity index is 2.51. The summed E-state index contributed by atoms with van der Waals surface area (Å²) in [4.78, 5) is 5.59. The van der Waals surface area contributed by atoms with Crippen LogP contribution in [0.5, 0.6) is 0 Å². The van der Waals surface area contributed by atoms with Crippen LogP contribution in [0, 0.1) is 17.6 Å². The second-order valence-electron chi connectivity index (χ2n) is 6.37. The van der Waals surface area contributed by atoms with Crippen LogP contribution in [0.2, 0.25) is 0 Å². The van der Waals surface area contributed by atoms with E-state index in [4.69, 9.17) is 12.2 Å². The highest BCUT2D eigenvalue weighted by molar-refractivity contribution is 7.71. The molecule has 0 fully saturated rings. The maximum absolute atomic E-state index is 5.57. The number of aromatic nitrogens is 2. The Labute approximate surface area is 126 Å². The maximum Gasteiger partial charge on any atom is 0.178 e. The number of H-pyrrole nitrogens is 1. The Bertz CT molecular complexity index is 627. The van der Waals surface area contributed by atoms with Gasteiger partial charge in [0.1, 0.15) is 0 Å². The summed E-state index contributed by atoms with van der Waals surface area (Å²) in [5.41, 5.74) is 3.62. The molecule has 1 aromatic heterocycles. The largest absolute Gasteiger partial charge is 0.331 e. The van der Waals surface area contributed by atoms with Gasteiger partial charge in [0, 0.05) is 12.6 Å². The molecule has 1 heterocycles. The maximum atomic E-state index is 5.57. The van der Waals surface area contributed by atoms with Crippen LogP contribution in [-0.4, -0.2) is 35.1 Å². The Morgan fingerprint density at radius 2 is 2.00 bits per heavy atom. The molecule has 0 aliphatic rings. The number of benzene rings is 1. The van der Waals surface area contributed by atoms with Crippen molar-refractivity contribution in [2.24, 2.45) is 5.92 Å². The fourth-order valence-corrected chi connectivity index (χ4v) is 3.19. The zero-order valence-electron chi connectivity index (χ0n) is 13.1. The van der Waals surface area contributed by atoms with Crippen molar-refractivity contribution in [2.45, 2.75) is 33.2 Å². The molecule has 1 aromatic carbocycles. The highest BCUT2D eigenvalue weighted by atomic mass is 32.1. The van der Waals surface area contributed by atoms with E-state index < -0.39 is 0 Å². The first-order valence-corrected chi connectivity index (χ1v) is 7.65. The fraction of sp³-hybridized carbons (Fsp3) is 0.562. The summed E-state index contributed by atoms with van der Waals surface area (Å²) in [7, 11) is 4.24. The summed E-state index contributed by atoms with van der Waals surface area (Å²) in [6, 6.07) is 6.92. The van der Waals surface area contributed by atoms with E-state index in [9.17, 15) is 0 Å². The van der Waals surface area contributed by atoms with Crippen LogP contribution in [0.25, 0.3) is 11.0 Å². The molecule has 0 bridgehead atoms. The first-order chi connectivity index (χ1) is 9.38. The number of rotatable bonds is 5. The van der Waals surface area contributed by atoms with Crippen molar-refractivity contribution in [3.63, 3.8) is 0 Å². The van der Waals surface area contributed by atoms with E-state index in [1.807, 2.05) is 0 Å². The Morgan fingerprint density at radius 3 is 2.60 bits per heavy atom. The molecule has 4 heteroatoms. The van der Waals surface area contributed by atoms with E-state index in [-0.39, 0.29) is 0 Å². The van der Waals surface area contributed by atoms with Crippen molar-refractivity contribution in [3.8, 4) is 0 Å². The molecule has 0 spiro atoms. The number of hydrogen-bond acceptors (Lipinski definition) is 2. The predicted octanol–water partition coefficient (Wildman–Crippen LogP) is 4.16. The van der Waals surface area contributed by atoms with E-state index in [0.717, 1.165) is 23.3 Å². The molecule has 1 atom stereocenters. The highest BCUT2D eigenvalue weighted by Crippen LogP contribution is 2.25. The summed E-state index contributed by atoms with van der Waals surface area (Å²) in [5.74, 6) is 0.650. The average molecular weight is 291 g/mol. The van der Waals surface area contributed by atoms with Crippen LogP contribution in [0.15, 0.2) is 18.2 Å². The number of hydrogen-bond donors (Lipinski definition) is 1. The highest BCUT2D eigenvalue weighted by Gasteiger charge is 2.17. The summed E-state index contributed by atoms with van der Waals surface area (Å²) in [6.07, 6.45) is 1.13. The van der Waals surface area contributed by atoms with Crippen LogP contribution in [-0.2, 0) is 0 Å². The normalized spacial score (nSPS) is 13.6. The quantitative estimate of drug-likeness (QED) is 0.837. The number of nitrogens with one attached hydrogen (secondary N) is 1. The van der Waals surface area contributed by atoms with Gasteiger partial charge in [-0.25, -0.2) is 0 Å². The molecule has 20 heavy (non-hydrogen) atoms. The molecule has 1 unspecified atom stereocenters. The zero-order chi connectivity index (χ0) is 14.9. The molecule has 0 aliphatic heterocycles. The van der Waals surface area contributed by atoms with Gasteiger partial charge < -0.3 is 14.5 Å². The number of imidazole rings is 1. The lowest BCUT2D eigenvalue weighted by Crippen LogP contribution is -2.25. The molecular formula is C16H25N3S. The molecule has 3 nitrogen and oxygen atoms in total. The molecule has 2 aromatic rings. The molecule has 0 saturated heterocycles.